The van der Waals surface area contributed by atoms with Crippen molar-refractivity contribution in [1.29, 1.82) is 0 Å². The molecule has 0 amide bonds. The van der Waals surface area contributed by atoms with E-state index in [0.717, 1.165) is 6.42 Å². The van der Waals surface area contributed by atoms with E-state index >= 15 is 0 Å². The van der Waals surface area contributed by atoms with Gasteiger partial charge in [-0.25, -0.2) is 0 Å². The summed E-state index contributed by atoms with van der Waals surface area (Å²) in [6.07, 6.45) is 11.3. The third-order valence-electron chi connectivity index (χ3n) is 5.39. The molecule has 3 aromatic carbocycles. The Morgan fingerprint density at radius 1 is 0.852 bits per heavy atom. The zero-order chi connectivity index (χ0) is 17.5. The van der Waals surface area contributed by atoms with Gasteiger partial charge in [-0.1, -0.05) is 90.0 Å². The van der Waals surface area contributed by atoms with Gasteiger partial charge in [-0.05, 0) is 29.7 Å². The molecular formula is C26H19Zr-. The number of benzene rings is 3. The van der Waals surface area contributed by atoms with Gasteiger partial charge in [0.1, 0.15) is 0 Å². The summed E-state index contributed by atoms with van der Waals surface area (Å²) in [6.45, 7) is 2.23. The van der Waals surface area contributed by atoms with E-state index in [4.69, 9.17) is 0 Å². The molecule has 0 nitrogen and oxygen atoms in total. The van der Waals surface area contributed by atoms with E-state index in [1.54, 1.807) is 0 Å². The minimum absolute atomic E-state index is 0. The first kappa shape index (κ1) is 18.1. The average Bonchev–Trinajstić information content (AvgIpc) is 3.35. The normalized spacial score (nSPS) is 14.6. The molecular weight excluding hydrogens is 404 g/mol. The van der Waals surface area contributed by atoms with E-state index in [1.807, 2.05) is 0 Å². The molecule has 3 aromatic rings. The molecule has 128 valence electrons. The van der Waals surface area contributed by atoms with Crippen LogP contribution in [0.3, 0.4) is 0 Å². The zero-order valence-electron chi connectivity index (χ0n) is 15.3. The second kappa shape index (κ2) is 7.41. The molecule has 0 saturated heterocycles. The average molecular weight is 423 g/mol. The molecule has 0 atom stereocenters. The van der Waals surface area contributed by atoms with Crippen molar-refractivity contribution in [1.82, 2.24) is 0 Å². The smallest absolute Gasteiger partial charge is 0 e. The van der Waals surface area contributed by atoms with Gasteiger partial charge in [0, 0.05) is 26.2 Å². The van der Waals surface area contributed by atoms with Gasteiger partial charge < -0.3 is 0 Å². The van der Waals surface area contributed by atoms with Gasteiger partial charge >= 0.3 is 0 Å². The fourth-order valence-corrected chi connectivity index (χ4v) is 4.04. The van der Waals surface area contributed by atoms with Gasteiger partial charge in [0.2, 0.25) is 0 Å². The van der Waals surface area contributed by atoms with Gasteiger partial charge in [-0.3, -0.25) is 0 Å². The monoisotopic (exact) mass is 421 g/mol. The van der Waals surface area contributed by atoms with Crippen LogP contribution in [-0.2, 0) is 26.2 Å². The molecule has 0 unspecified atom stereocenters. The molecule has 0 fully saturated rings. The molecule has 2 aliphatic rings. The van der Waals surface area contributed by atoms with E-state index in [-0.39, 0.29) is 26.2 Å². The van der Waals surface area contributed by atoms with Gasteiger partial charge in [0.25, 0.3) is 0 Å². The molecule has 1 heteroatoms. The largest absolute Gasteiger partial charge is 0.123 e. The Morgan fingerprint density at radius 2 is 1.63 bits per heavy atom. The Bertz CT molecular complexity index is 1290. The maximum Gasteiger partial charge on any atom is 0 e. The van der Waals surface area contributed by atoms with Crippen molar-refractivity contribution in [2.45, 2.75) is 13.3 Å². The Labute approximate surface area is 178 Å². The Hall–Kier alpha value is -2.24. The van der Waals surface area contributed by atoms with Crippen molar-refractivity contribution in [3.05, 3.63) is 123 Å². The van der Waals surface area contributed by atoms with Crippen LogP contribution in [0, 0.1) is 10.4 Å². The Balaban J connectivity index is 0.00000180. The molecule has 0 bridgehead atoms. The predicted molar refractivity (Wildman–Crippen MR) is 109 cm³/mol. The summed E-state index contributed by atoms with van der Waals surface area (Å²) in [5.74, 6) is 0. The van der Waals surface area contributed by atoms with Crippen LogP contribution >= 0.6 is 0 Å². The molecule has 5 rings (SSSR count). The molecule has 0 aromatic heterocycles. The summed E-state index contributed by atoms with van der Waals surface area (Å²) in [7, 11) is 0. The van der Waals surface area contributed by atoms with Crippen LogP contribution in [0.15, 0.2) is 85.0 Å². The van der Waals surface area contributed by atoms with E-state index < -0.39 is 0 Å². The van der Waals surface area contributed by atoms with E-state index in [0.29, 0.717) is 0 Å². The number of allylic oxidation sites excluding steroid dienone is 4. The second-order valence-electron chi connectivity index (χ2n) is 6.90. The summed E-state index contributed by atoms with van der Waals surface area (Å²) in [6, 6.07) is 23.8. The van der Waals surface area contributed by atoms with Gasteiger partial charge in [0.05, 0.1) is 0 Å². The van der Waals surface area contributed by atoms with Gasteiger partial charge in [0.15, 0.2) is 0 Å². The van der Waals surface area contributed by atoms with Crippen molar-refractivity contribution in [2.75, 3.05) is 0 Å². The summed E-state index contributed by atoms with van der Waals surface area (Å²) in [5.41, 5.74) is 6.55. The first-order chi connectivity index (χ1) is 12.8. The topological polar surface area (TPSA) is 0 Å². The van der Waals surface area contributed by atoms with Crippen LogP contribution in [0.25, 0.3) is 17.2 Å². The van der Waals surface area contributed by atoms with E-state index in [2.05, 4.69) is 98.0 Å². The SMILES string of the molecule is CC(c1ccccc1)=c1ccc2c(c1C1=CC=CC1)[C-]=c1ccccc1=2.[Zr]. The Kier molecular flexibility index (Phi) is 4.98. The van der Waals surface area contributed by atoms with Crippen molar-refractivity contribution in [3.63, 3.8) is 0 Å². The molecule has 0 spiro atoms. The van der Waals surface area contributed by atoms with E-state index in [9.17, 15) is 0 Å². The standard InChI is InChI=1S/C26H19.Zr/c1-18(19-9-3-2-4-10-19)22-15-16-24-23-14-8-7-13-21(23)17-25(24)26(22)20-11-5-6-12-20;/h2-11,13-16H,12H2,1H3;/q-1;. The first-order valence-electron chi connectivity index (χ1n) is 9.12. The van der Waals surface area contributed by atoms with Crippen LogP contribution in [-0.4, -0.2) is 0 Å². The summed E-state index contributed by atoms with van der Waals surface area (Å²) in [5, 5.41) is 5.10. The number of hydrogen-bond donors (Lipinski definition) is 0. The maximum absolute atomic E-state index is 3.69. The number of rotatable bonds is 2. The van der Waals surface area contributed by atoms with Crippen LogP contribution in [0.1, 0.15) is 30.0 Å². The van der Waals surface area contributed by atoms with Crippen molar-refractivity contribution in [2.24, 2.45) is 0 Å². The molecule has 0 aliphatic heterocycles. The van der Waals surface area contributed by atoms with Crippen LogP contribution in [0.5, 0.6) is 0 Å². The Morgan fingerprint density at radius 3 is 2.41 bits per heavy atom. The number of hydrogen-bond acceptors (Lipinski definition) is 0. The van der Waals surface area contributed by atoms with Crippen molar-refractivity contribution < 1.29 is 26.2 Å². The molecule has 0 heterocycles. The van der Waals surface area contributed by atoms with Crippen LogP contribution in [0.4, 0.5) is 0 Å². The summed E-state index contributed by atoms with van der Waals surface area (Å²) >= 11 is 0. The molecule has 0 saturated carbocycles. The third kappa shape index (κ3) is 3.05. The fourth-order valence-electron chi connectivity index (χ4n) is 4.04. The zero-order valence-corrected chi connectivity index (χ0v) is 17.7. The molecule has 0 radical (unpaired) electrons. The first-order valence-corrected chi connectivity index (χ1v) is 9.12. The molecule has 27 heavy (non-hydrogen) atoms. The van der Waals surface area contributed by atoms with Crippen molar-refractivity contribution in [3.8, 4) is 0 Å². The van der Waals surface area contributed by atoms with Crippen LogP contribution in [0.2, 0.25) is 0 Å². The maximum atomic E-state index is 3.69. The quantitative estimate of drug-likeness (QED) is 0.416. The second-order valence-corrected chi connectivity index (χ2v) is 6.90. The van der Waals surface area contributed by atoms with Gasteiger partial charge in [-0.15, -0.1) is 33.4 Å². The fraction of sp³-hybridized carbons (Fsp3) is 0.0769. The summed E-state index contributed by atoms with van der Waals surface area (Å²) < 4.78 is 0. The van der Waals surface area contributed by atoms with Crippen molar-refractivity contribution >= 4 is 17.2 Å². The van der Waals surface area contributed by atoms with E-state index in [1.165, 1.54) is 48.7 Å². The summed E-state index contributed by atoms with van der Waals surface area (Å²) in [4.78, 5) is 0. The van der Waals surface area contributed by atoms with Crippen LogP contribution < -0.4 is 10.4 Å². The predicted octanol–water partition coefficient (Wildman–Crippen LogP) is 4.55. The third-order valence-corrected chi connectivity index (χ3v) is 5.39. The minimum Gasteiger partial charge on any atom is -0.123 e. The minimum atomic E-state index is 0. The molecule has 2 aliphatic carbocycles. The number of fused-ring (bicyclic) bond motifs is 2. The van der Waals surface area contributed by atoms with Gasteiger partial charge in [-0.2, -0.15) is 0 Å². The molecule has 0 N–H and O–H groups in total.